The molecule has 2 N–H and O–H groups in total. The molecule has 31 heavy (non-hydrogen) atoms. The summed E-state index contributed by atoms with van der Waals surface area (Å²) in [7, 11) is -4.29. The van der Waals surface area contributed by atoms with Crippen molar-refractivity contribution in [1.29, 1.82) is 0 Å². The van der Waals surface area contributed by atoms with Crippen molar-refractivity contribution in [3.05, 3.63) is 90.4 Å². The van der Waals surface area contributed by atoms with E-state index in [9.17, 15) is 22.0 Å². The second-order valence-electron chi connectivity index (χ2n) is 6.41. The molecule has 156 valence electrons. The lowest BCUT2D eigenvalue weighted by Crippen LogP contribution is -2.18. The number of anilines is 2. The number of benzene rings is 2. The summed E-state index contributed by atoms with van der Waals surface area (Å²) in [5, 5.41) is 2.57. The van der Waals surface area contributed by atoms with Crippen LogP contribution in [-0.4, -0.2) is 24.3 Å². The minimum absolute atomic E-state index is 0.0187. The SMILES string of the molecule is O=C(Nc1ccc(F)cc1NS(=O)(=O)c1ccc(F)c2ncccc12)c1ccccn1. The summed E-state index contributed by atoms with van der Waals surface area (Å²) in [6.07, 6.45) is 2.77. The summed E-state index contributed by atoms with van der Waals surface area (Å²) in [5.41, 5.74) is -0.208. The molecule has 0 fully saturated rings. The van der Waals surface area contributed by atoms with Gasteiger partial charge in [0.1, 0.15) is 22.8 Å². The molecule has 0 aliphatic rings. The van der Waals surface area contributed by atoms with Gasteiger partial charge in [-0.3, -0.25) is 19.5 Å². The molecular weight excluding hydrogens is 426 g/mol. The second kappa shape index (κ2) is 8.07. The number of carbonyl (C=O) groups excluding carboxylic acids is 1. The Morgan fingerprint density at radius 3 is 2.45 bits per heavy atom. The van der Waals surface area contributed by atoms with Gasteiger partial charge in [-0.05, 0) is 48.5 Å². The molecule has 0 saturated carbocycles. The molecule has 1 amide bonds. The highest BCUT2D eigenvalue weighted by atomic mass is 32.2. The fraction of sp³-hybridized carbons (Fsp3) is 0. The van der Waals surface area contributed by atoms with E-state index in [1.807, 2.05) is 0 Å². The monoisotopic (exact) mass is 440 g/mol. The van der Waals surface area contributed by atoms with Gasteiger partial charge in [-0.25, -0.2) is 17.2 Å². The van der Waals surface area contributed by atoms with Crippen LogP contribution >= 0.6 is 0 Å². The van der Waals surface area contributed by atoms with E-state index in [-0.39, 0.29) is 32.9 Å². The Bertz CT molecular complexity index is 1400. The number of fused-ring (bicyclic) bond motifs is 1. The molecule has 0 radical (unpaired) electrons. The maximum Gasteiger partial charge on any atom is 0.274 e. The largest absolute Gasteiger partial charge is 0.319 e. The number of aromatic nitrogens is 2. The normalized spacial score (nSPS) is 11.3. The van der Waals surface area contributed by atoms with Crippen LogP contribution in [0.15, 0.2) is 78.0 Å². The zero-order valence-corrected chi connectivity index (χ0v) is 16.5. The number of rotatable bonds is 5. The van der Waals surface area contributed by atoms with Crippen molar-refractivity contribution in [2.75, 3.05) is 10.0 Å². The van der Waals surface area contributed by atoms with Gasteiger partial charge in [0.15, 0.2) is 0 Å². The fourth-order valence-electron chi connectivity index (χ4n) is 2.94. The molecule has 4 rings (SSSR count). The molecule has 0 spiro atoms. The number of sulfonamides is 1. The van der Waals surface area contributed by atoms with E-state index in [1.165, 1.54) is 36.7 Å². The topological polar surface area (TPSA) is 101 Å². The summed E-state index contributed by atoms with van der Waals surface area (Å²) >= 11 is 0. The number of hydrogen-bond acceptors (Lipinski definition) is 5. The standard InChI is InChI=1S/C21H14F2N4O3S/c22-13-6-8-16(26-21(28)17-5-1-2-10-24-17)18(12-13)27-31(29,30)19-9-7-15(23)20-14(19)4-3-11-25-20/h1-12,27H,(H,26,28). The Kier molecular flexibility index (Phi) is 5.30. The average Bonchev–Trinajstić information content (AvgIpc) is 2.76. The van der Waals surface area contributed by atoms with Crippen LogP contribution < -0.4 is 10.0 Å². The number of carbonyl (C=O) groups is 1. The first-order chi connectivity index (χ1) is 14.8. The van der Waals surface area contributed by atoms with Crippen molar-refractivity contribution in [2.45, 2.75) is 4.90 Å². The molecule has 0 saturated heterocycles. The second-order valence-corrected chi connectivity index (χ2v) is 8.06. The summed E-state index contributed by atoms with van der Waals surface area (Å²) in [6.45, 7) is 0. The molecule has 0 atom stereocenters. The molecule has 2 aromatic carbocycles. The van der Waals surface area contributed by atoms with E-state index in [0.29, 0.717) is 0 Å². The Balaban J connectivity index is 1.72. The number of pyridine rings is 2. The van der Waals surface area contributed by atoms with Gasteiger partial charge in [-0.15, -0.1) is 0 Å². The van der Waals surface area contributed by atoms with Gasteiger partial charge < -0.3 is 5.32 Å². The van der Waals surface area contributed by atoms with E-state index < -0.39 is 27.6 Å². The third-order valence-corrected chi connectivity index (χ3v) is 5.77. The van der Waals surface area contributed by atoms with E-state index in [1.54, 1.807) is 12.1 Å². The number of amides is 1. The van der Waals surface area contributed by atoms with Gasteiger partial charge in [0.25, 0.3) is 15.9 Å². The molecule has 7 nitrogen and oxygen atoms in total. The lowest BCUT2D eigenvalue weighted by Gasteiger charge is -2.15. The first-order valence-corrected chi connectivity index (χ1v) is 10.4. The maximum absolute atomic E-state index is 14.0. The highest BCUT2D eigenvalue weighted by Gasteiger charge is 2.22. The van der Waals surface area contributed by atoms with Crippen LogP contribution in [0.5, 0.6) is 0 Å². The molecule has 0 unspecified atom stereocenters. The number of nitrogens with one attached hydrogen (secondary N) is 2. The van der Waals surface area contributed by atoms with Crippen LogP contribution in [0, 0.1) is 11.6 Å². The zero-order valence-electron chi connectivity index (χ0n) is 15.7. The van der Waals surface area contributed by atoms with Gasteiger partial charge in [0.2, 0.25) is 0 Å². The van der Waals surface area contributed by atoms with Crippen molar-refractivity contribution >= 4 is 38.2 Å². The van der Waals surface area contributed by atoms with E-state index in [2.05, 4.69) is 20.0 Å². The molecule has 0 aliphatic carbocycles. The first-order valence-electron chi connectivity index (χ1n) is 8.93. The number of nitrogens with zero attached hydrogens (tertiary/aromatic N) is 2. The predicted molar refractivity (Wildman–Crippen MR) is 111 cm³/mol. The van der Waals surface area contributed by atoms with Crippen molar-refractivity contribution < 1.29 is 22.0 Å². The fourth-order valence-corrected chi connectivity index (χ4v) is 4.21. The molecule has 10 heteroatoms. The van der Waals surface area contributed by atoms with Gasteiger partial charge in [-0.1, -0.05) is 6.07 Å². The highest BCUT2D eigenvalue weighted by molar-refractivity contribution is 7.93. The van der Waals surface area contributed by atoms with Gasteiger partial charge in [0, 0.05) is 23.8 Å². The van der Waals surface area contributed by atoms with Gasteiger partial charge in [0.05, 0.1) is 16.3 Å². The molecule has 2 heterocycles. The van der Waals surface area contributed by atoms with E-state index in [0.717, 1.165) is 24.3 Å². The molecule has 0 aliphatic heterocycles. The molecular formula is C21H14F2N4O3S. The van der Waals surface area contributed by atoms with Crippen LogP contribution in [0.25, 0.3) is 10.9 Å². The number of halogens is 2. The van der Waals surface area contributed by atoms with Crippen molar-refractivity contribution in [2.24, 2.45) is 0 Å². The van der Waals surface area contributed by atoms with Crippen LogP contribution in [0.2, 0.25) is 0 Å². The average molecular weight is 440 g/mol. The third-order valence-electron chi connectivity index (χ3n) is 4.34. The number of hydrogen-bond donors (Lipinski definition) is 2. The van der Waals surface area contributed by atoms with Gasteiger partial charge >= 0.3 is 0 Å². The summed E-state index contributed by atoms with van der Waals surface area (Å²) < 4.78 is 56.2. The zero-order chi connectivity index (χ0) is 22.0. The lowest BCUT2D eigenvalue weighted by atomic mass is 10.2. The predicted octanol–water partition coefficient (Wildman–Crippen LogP) is 3.96. The summed E-state index contributed by atoms with van der Waals surface area (Å²) in [4.78, 5) is 20.0. The Morgan fingerprint density at radius 2 is 1.68 bits per heavy atom. The van der Waals surface area contributed by atoms with Crippen LogP contribution in [-0.2, 0) is 10.0 Å². The summed E-state index contributed by atoms with van der Waals surface area (Å²) in [6, 6.07) is 12.9. The highest BCUT2D eigenvalue weighted by Crippen LogP contribution is 2.29. The lowest BCUT2D eigenvalue weighted by molar-refractivity contribution is 0.102. The molecule has 2 aromatic heterocycles. The van der Waals surface area contributed by atoms with Crippen LogP contribution in [0.1, 0.15) is 10.5 Å². The minimum atomic E-state index is -4.29. The van der Waals surface area contributed by atoms with E-state index >= 15 is 0 Å². The van der Waals surface area contributed by atoms with Crippen LogP contribution in [0.3, 0.4) is 0 Å². The smallest absolute Gasteiger partial charge is 0.274 e. The van der Waals surface area contributed by atoms with Crippen molar-refractivity contribution in [3.63, 3.8) is 0 Å². The maximum atomic E-state index is 14.0. The Hall–Kier alpha value is -3.92. The van der Waals surface area contributed by atoms with Crippen molar-refractivity contribution in [1.82, 2.24) is 9.97 Å². The van der Waals surface area contributed by atoms with Gasteiger partial charge in [-0.2, -0.15) is 0 Å². The Labute approximate surface area is 175 Å². The molecule has 4 aromatic rings. The van der Waals surface area contributed by atoms with E-state index in [4.69, 9.17) is 0 Å². The Morgan fingerprint density at radius 1 is 0.871 bits per heavy atom. The quantitative estimate of drug-likeness (QED) is 0.489. The van der Waals surface area contributed by atoms with Crippen LogP contribution in [0.4, 0.5) is 20.2 Å². The molecule has 0 bridgehead atoms. The first kappa shape index (κ1) is 20.4. The summed E-state index contributed by atoms with van der Waals surface area (Å²) in [5.74, 6) is -2.01. The minimum Gasteiger partial charge on any atom is -0.319 e. The van der Waals surface area contributed by atoms with Crippen molar-refractivity contribution in [3.8, 4) is 0 Å². The third kappa shape index (κ3) is 4.19.